The van der Waals surface area contributed by atoms with E-state index in [4.69, 9.17) is 20.9 Å². The Kier molecular flexibility index (Phi) is 5.34. The Labute approximate surface area is 77.6 Å². The van der Waals surface area contributed by atoms with Crippen LogP contribution in [0.25, 0.3) is 4.85 Å². The van der Waals surface area contributed by atoms with Crippen molar-refractivity contribution in [2.24, 2.45) is 0 Å². The van der Waals surface area contributed by atoms with Gasteiger partial charge >= 0.3 is 13.4 Å². The largest absolute Gasteiger partial charge is 0.428 e. The summed E-state index contributed by atoms with van der Waals surface area (Å²) in [5, 5.41) is 8.52. The molecule has 0 aromatic heterocycles. The maximum absolute atomic E-state index is 11.7. The highest BCUT2D eigenvalue weighted by Crippen LogP contribution is 2.53. The molecule has 13 heavy (non-hydrogen) atoms. The van der Waals surface area contributed by atoms with E-state index < -0.39 is 13.4 Å². The molecule has 0 saturated heterocycles. The molecule has 0 aliphatic heterocycles. The Morgan fingerprint density at radius 3 is 2.23 bits per heavy atom. The lowest BCUT2D eigenvalue weighted by molar-refractivity contribution is 0.219. The zero-order valence-electron chi connectivity index (χ0n) is 7.56. The molecule has 0 radical (unpaired) electrons. The second-order valence-corrected chi connectivity index (χ2v) is 4.09. The van der Waals surface area contributed by atoms with Crippen LogP contribution in [0.4, 0.5) is 0 Å². The summed E-state index contributed by atoms with van der Waals surface area (Å²) in [6.45, 7) is 10.2. The second kappa shape index (κ2) is 5.72. The standard InChI is InChI=1S/C7H11N2O3P/c1-4-11-13(10,12-5-2)7(6-8)9-3/h7H,4-5H2,1-2H3/t7-/m0/s1. The van der Waals surface area contributed by atoms with Gasteiger partial charge in [0.05, 0.1) is 13.2 Å². The van der Waals surface area contributed by atoms with E-state index in [0.29, 0.717) is 0 Å². The van der Waals surface area contributed by atoms with Crippen LogP contribution in [0.3, 0.4) is 0 Å². The summed E-state index contributed by atoms with van der Waals surface area (Å²) in [4.78, 5) is 2.89. The summed E-state index contributed by atoms with van der Waals surface area (Å²) in [5.41, 5.74) is 0. The topological polar surface area (TPSA) is 63.7 Å². The third-order valence-electron chi connectivity index (χ3n) is 1.16. The fraction of sp³-hybridized carbons (Fsp3) is 0.714. The minimum Gasteiger partial charge on any atom is -0.303 e. The molecule has 6 heteroatoms. The summed E-state index contributed by atoms with van der Waals surface area (Å²) >= 11 is 0. The van der Waals surface area contributed by atoms with Crippen LogP contribution in [0.15, 0.2) is 0 Å². The normalized spacial score (nSPS) is 12.9. The van der Waals surface area contributed by atoms with Gasteiger partial charge in [-0.25, -0.2) is 11.1 Å². The molecule has 0 aliphatic rings. The van der Waals surface area contributed by atoms with Gasteiger partial charge in [0.25, 0.3) is 0 Å². The fourth-order valence-electron chi connectivity index (χ4n) is 0.709. The molecule has 0 aliphatic carbocycles. The van der Waals surface area contributed by atoms with Crippen molar-refractivity contribution in [2.45, 2.75) is 19.6 Å². The molecule has 5 nitrogen and oxygen atoms in total. The Hall–Kier alpha value is -0.870. The van der Waals surface area contributed by atoms with Gasteiger partial charge in [0.15, 0.2) is 6.07 Å². The summed E-state index contributed by atoms with van der Waals surface area (Å²) in [6.07, 6.45) is 0. The Morgan fingerprint density at radius 1 is 1.54 bits per heavy atom. The molecule has 0 spiro atoms. The summed E-state index contributed by atoms with van der Waals surface area (Å²) in [5.74, 6) is -1.35. The van der Waals surface area contributed by atoms with Crippen molar-refractivity contribution < 1.29 is 13.6 Å². The van der Waals surface area contributed by atoms with Gasteiger partial charge in [0, 0.05) is 0 Å². The minimum atomic E-state index is -3.54. The number of hydrogen-bond acceptors (Lipinski definition) is 4. The van der Waals surface area contributed by atoms with E-state index in [1.807, 2.05) is 0 Å². The highest BCUT2D eigenvalue weighted by molar-refractivity contribution is 7.55. The van der Waals surface area contributed by atoms with Crippen LogP contribution in [-0.4, -0.2) is 19.0 Å². The molecule has 0 aromatic rings. The maximum atomic E-state index is 11.7. The fourth-order valence-corrected chi connectivity index (χ4v) is 2.07. The van der Waals surface area contributed by atoms with Crippen LogP contribution in [0.2, 0.25) is 0 Å². The van der Waals surface area contributed by atoms with E-state index >= 15 is 0 Å². The average molecular weight is 202 g/mol. The molecular formula is C7H11N2O3P. The minimum absolute atomic E-state index is 0.158. The molecule has 0 fully saturated rings. The molecular weight excluding hydrogens is 191 g/mol. The van der Waals surface area contributed by atoms with Crippen LogP contribution in [-0.2, 0) is 13.6 Å². The highest BCUT2D eigenvalue weighted by atomic mass is 31.2. The molecule has 0 unspecified atom stereocenters. The van der Waals surface area contributed by atoms with Gasteiger partial charge in [-0.15, -0.1) is 0 Å². The van der Waals surface area contributed by atoms with Crippen LogP contribution in [0, 0.1) is 17.9 Å². The molecule has 72 valence electrons. The van der Waals surface area contributed by atoms with Crippen molar-refractivity contribution in [3.05, 3.63) is 11.4 Å². The van der Waals surface area contributed by atoms with Crippen molar-refractivity contribution in [1.29, 1.82) is 5.26 Å². The quantitative estimate of drug-likeness (QED) is 0.505. The van der Waals surface area contributed by atoms with E-state index in [1.165, 1.54) is 0 Å². The summed E-state index contributed by atoms with van der Waals surface area (Å²) in [7, 11) is -3.54. The van der Waals surface area contributed by atoms with Crippen molar-refractivity contribution >= 4 is 7.60 Å². The van der Waals surface area contributed by atoms with Crippen molar-refractivity contribution in [3.8, 4) is 6.07 Å². The second-order valence-electron chi connectivity index (χ2n) is 2.01. The van der Waals surface area contributed by atoms with Crippen molar-refractivity contribution in [1.82, 2.24) is 0 Å². The van der Waals surface area contributed by atoms with Gasteiger partial charge in [-0.3, -0.25) is 4.85 Å². The predicted molar refractivity (Wildman–Crippen MR) is 46.9 cm³/mol. The van der Waals surface area contributed by atoms with Crippen LogP contribution in [0.1, 0.15) is 13.8 Å². The first kappa shape index (κ1) is 12.1. The van der Waals surface area contributed by atoms with E-state index in [9.17, 15) is 4.57 Å². The zero-order chi connectivity index (χ0) is 10.3. The van der Waals surface area contributed by atoms with Gasteiger partial charge in [0.1, 0.15) is 0 Å². The van der Waals surface area contributed by atoms with Crippen LogP contribution < -0.4 is 0 Å². The van der Waals surface area contributed by atoms with E-state index in [2.05, 4.69) is 4.85 Å². The first-order chi connectivity index (χ1) is 6.14. The average Bonchev–Trinajstić information content (AvgIpc) is 2.07. The first-order valence-electron chi connectivity index (χ1n) is 3.79. The highest BCUT2D eigenvalue weighted by Gasteiger charge is 2.41. The molecule has 0 bridgehead atoms. The van der Waals surface area contributed by atoms with Crippen molar-refractivity contribution in [2.75, 3.05) is 13.2 Å². The third-order valence-corrected chi connectivity index (χ3v) is 3.22. The van der Waals surface area contributed by atoms with Crippen LogP contribution >= 0.6 is 7.60 Å². The lowest BCUT2D eigenvalue weighted by atomic mass is 10.8. The maximum Gasteiger partial charge on any atom is 0.428 e. The molecule has 0 amide bonds. The van der Waals surface area contributed by atoms with E-state index in [-0.39, 0.29) is 13.2 Å². The predicted octanol–water partition coefficient (Wildman–Crippen LogP) is 2.02. The molecule has 0 N–H and O–H groups in total. The first-order valence-corrected chi connectivity index (χ1v) is 5.40. The smallest absolute Gasteiger partial charge is 0.303 e. The summed E-state index contributed by atoms with van der Waals surface area (Å²) < 4.78 is 21.3. The molecule has 0 rings (SSSR count). The van der Waals surface area contributed by atoms with Crippen molar-refractivity contribution in [3.63, 3.8) is 0 Å². The Morgan fingerprint density at radius 2 is 2.00 bits per heavy atom. The van der Waals surface area contributed by atoms with Gasteiger partial charge in [-0.2, -0.15) is 5.26 Å². The number of rotatable bonds is 5. The molecule has 0 saturated carbocycles. The van der Waals surface area contributed by atoms with Gasteiger partial charge < -0.3 is 9.05 Å². The molecule has 0 aromatic carbocycles. The monoisotopic (exact) mass is 202 g/mol. The zero-order valence-corrected chi connectivity index (χ0v) is 8.45. The Bertz CT molecular complexity index is 254. The summed E-state index contributed by atoms with van der Waals surface area (Å²) in [6, 6.07) is 1.59. The lowest BCUT2D eigenvalue weighted by Gasteiger charge is -2.13. The van der Waals surface area contributed by atoms with Gasteiger partial charge in [-0.05, 0) is 13.8 Å². The number of nitrogens with zero attached hydrogens (tertiary/aromatic N) is 2. The lowest BCUT2D eigenvalue weighted by Crippen LogP contribution is -2.07. The molecule has 1 atom stereocenters. The van der Waals surface area contributed by atoms with E-state index in [1.54, 1.807) is 19.9 Å². The van der Waals surface area contributed by atoms with Gasteiger partial charge in [0.2, 0.25) is 0 Å². The SMILES string of the molecule is [C-]#[N+][C@H](C#N)P(=O)(OCC)OCC. The molecule has 0 heterocycles. The third kappa shape index (κ3) is 3.16. The number of nitriles is 1. The number of hydrogen-bond donors (Lipinski definition) is 0. The Balaban J connectivity index is 4.70. The van der Waals surface area contributed by atoms with Gasteiger partial charge in [-0.1, -0.05) is 0 Å². The van der Waals surface area contributed by atoms with E-state index in [0.717, 1.165) is 0 Å². The van der Waals surface area contributed by atoms with Crippen LogP contribution in [0.5, 0.6) is 0 Å².